The number of nitrogens with one attached hydrogen (secondary N) is 1. The molecule has 0 fully saturated rings. The first-order chi connectivity index (χ1) is 12.4. The molecule has 0 aliphatic rings. The van der Waals surface area contributed by atoms with Gasteiger partial charge in [0.05, 0.1) is 17.2 Å². The zero-order valence-electron chi connectivity index (χ0n) is 14.3. The number of carbonyl (C=O) groups excluding carboxylic acids is 1. The first kappa shape index (κ1) is 20.9. The van der Waals surface area contributed by atoms with Gasteiger partial charge in [0, 0.05) is 37.0 Å². The highest BCUT2D eigenvalue weighted by Gasteiger charge is 2.14. The molecule has 1 unspecified atom stereocenters. The van der Waals surface area contributed by atoms with E-state index in [1.165, 1.54) is 11.3 Å². The van der Waals surface area contributed by atoms with Crippen molar-refractivity contribution in [1.82, 2.24) is 5.43 Å². The summed E-state index contributed by atoms with van der Waals surface area (Å²) in [6.07, 6.45) is -0.651. The van der Waals surface area contributed by atoms with E-state index in [2.05, 4.69) is 10.5 Å². The lowest BCUT2D eigenvalue weighted by Gasteiger charge is -2.07. The average Bonchev–Trinajstić information content (AvgIpc) is 3.02. The lowest BCUT2D eigenvalue weighted by atomic mass is 10.1. The second-order valence-electron chi connectivity index (χ2n) is 5.09. The molecule has 1 amide bonds. The van der Waals surface area contributed by atoms with Crippen LogP contribution in [0.3, 0.4) is 0 Å². The van der Waals surface area contributed by atoms with Gasteiger partial charge in [-0.25, -0.2) is 10.2 Å². The van der Waals surface area contributed by atoms with Gasteiger partial charge in [0.1, 0.15) is 5.71 Å². The number of ether oxygens (including phenoxy) is 1. The van der Waals surface area contributed by atoms with E-state index in [0.717, 1.165) is 9.75 Å². The first-order valence-corrected chi connectivity index (χ1v) is 10.9. The summed E-state index contributed by atoms with van der Waals surface area (Å²) < 4.78 is 16.6. The topological polar surface area (TPSA) is 67.8 Å². The van der Waals surface area contributed by atoms with E-state index >= 15 is 0 Å². The van der Waals surface area contributed by atoms with Gasteiger partial charge < -0.3 is 4.74 Å². The number of hydrogen-bond donors (Lipinski definition) is 1. The van der Waals surface area contributed by atoms with Crippen molar-refractivity contribution in [3.63, 3.8) is 0 Å². The molecular weight excluding hydrogens is 415 g/mol. The van der Waals surface area contributed by atoms with Crippen molar-refractivity contribution >= 4 is 57.1 Å². The Morgan fingerprint density at radius 2 is 1.92 bits per heavy atom. The van der Waals surface area contributed by atoms with E-state index in [9.17, 15) is 9.00 Å². The lowest BCUT2D eigenvalue weighted by molar-refractivity contribution is 0.152. The number of amides is 1. The van der Waals surface area contributed by atoms with E-state index in [1.807, 2.05) is 19.1 Å². The lowest BCUT2D eigenvalue weighted by Crippen LogP contribution is -2.21. The number of hydrogen-bond acceptors (Lipinski definition) is 5. The maximum Gasteiger partial charge on any atom is 0.427 e. The van der Waals surface area contributed by atoms with Crippen LogP contribution < -0.4 is 5.43 Å². The van der Waals surface area contributed by atoms with Crippen molar-refractivity contribution in [2.24, 2.45) is 5.10 Å². The summed E-state index contributed by atoms with van der Waals surface area (Å²) in [5, 5.41) is 5.10. The summed E-state index contributed by atoms with van der Waals surface area (Å²) in [5.74, 6) is 1.08. The van der Waals surface area contributed by atoms with Gasteiger partial charge in [0.25, 0.3) is 0 Å². The number of hydrazone groups is 1. The van der Waals surface area contributed by atoms with Crippen LogP contribution in [-0.2, 0) is 21.3 Å². The summed E-state index contributed by atoms with van der Waals surface area (Å²) in [6, 6.07) is 8.81. The molecule has 5 nitrogen and oxygen atoms in total. The molecule has 0 saturated heterocycles. The molecule has 140 valence electrons. The minimum Gasteiger partial charge on any atom is -0.449 e. The SMILES string of the molecule is CCOC(=O)NN=C(c1cc(Cl)cc(Cl)c1)c1ccc(CS(=O)CC)s1. The smallest absolute Gasteiger partial charge is 0.427 e. The minimum atomic E-state index is -0.905. The molecule has 0 spiro atoms. The van der Waals surface area contributed by atoms with Gasteiger partial charge in [-0.3, -0.25) is 4.21 Å². The molecule has 1 aromatic heterocycles. The van der Waals surface area contributed by atoms with Crippen LogP contribution in [0, 0.1) is 0 Å². The van der Waals surface area contributed by atoms with Crippen LogP contribution >= 0.6 is 34.5 Å². The summed E-state index contributed by atoms with van der Waals surface area (Å²) in [4.78, 5) is 13.4. The average molecular weight is 433 g/mol. The van der Waals surface area contributed by atoms with Crippen molar-refractivity contribution in [2.75, 3.05) is 12.4 Å². The molecule has 9 heteroatoms. The first-order valence-electron chi connectivity index (χ1n) is 7.83. The predicted molar refractivity (Wildman–Crippen MR) is 109 cm³/mol. The number of thiophene rings is 1. The van der Waals surface area contributed by atoms with Crippen LogP contribution in [0.15, 0.2) is 35.4 Å². The third-order valence-corrected chi connectivity index (χ3v) is 6.18. The molecule has 2 aromatic rings. The Balaban J connectivity index is 2.38. The molecule has 0 radical (unpaired) electrons. The van der Waals surface area contributed by atoms with Crippen molar-refractivity contribution in [1.29, 1.82) is 0 Å². The van der Waals surface area contributed by atoms with Crippen molar-refractivity contribution in [3.8, 4) is 0 Å². The van der Waals surface area contributed by atoms with Crippen LogP contribution in [0.5, 0.6) is 0 Å². The number of benzene rings is 1. The molecule has 1 N–H and O–H groups in total. The molecule has 2 rings (SSSR count). The predicted octanol–water partition coefficient (Wildman–Crippen LogP) is 4.82. The van der Waals surface area contributed by atoms with E-state index in [4.69, 9.17) is 27.9 Å². The molecule has 1 atom stereocenters. The Kier molecular flexibility index (Phi) is 8.09. The minimum absolute atomic E-state index is 0.242. The van der Waals surface area contributed by atoms with Crippen molar-refractivity contribution in [3.05, 3.63) is 55.7 Å². The van der Waals surface area contributed by atoms with Gasteiger partial charge in [-0.15, -0.1) is 11.3 Å². The monoisotopic (exact) mass is 432 g/mol. The fourth-order valence-electron chi connectivity index (χ4n) is 2.06. The standard InChI is InChI=1S/C17H18Cl2N2O3S2/c1-3-24-17(22)21-20-16(11-7-12(18)9-13(19)8-11)15-6-5-14(25-15)10-26(23)4-2/h5-9H,3-4,10H2,1-2H3,(H,21,22). The Labute approximate surface area is 168 Å². The normalized spacial score (nSPS) is 12.7. The maximum atomic E-state index is 11.8. The zero-order chi connectivity index (χ0) is 19.1. The molecule has 1 heterocycles. The van der Waals surface area contributed by atoms with Gasteiger partial charge in [-0.05, 0) is 37.3 Å². The summed E-state index contributed by atoms with van der Waals surface area (Å²) in [7, 11) is -0.905. The van der Waals surface area contributed by atoms with E-state index in [1.54, 1.807) is 25.1 Å². The molecule has 0 saturated carbocycles. The quantitative estimate of drug-likeness (QED) is 0.503. The Morgan fingerprint density at radius 3 is 2.54 bits per heavy atom. The highest BCUT2D eigenvalue weighted by molar-refractivity contribution is 7.84. The van der Waals surface area contributed by atoms with E-state index < -0.39 is 16.9 Å². The zero-order valence-corrected chi connectivity index (χ0v) is 17.4. The van der Waals surface area contributed by atoms with Gasteiger partial charge in [-0.2, -0.15) is 5.10 Å². The van der Waals surface area contributed by atoms with Gasteiger partial charge in [0.15, 0.2) is 0 Å². The number of nitrogens with zero attached hydrogens (tertiary/aromatic N) is 1. The van der Waals surface area contributed by atoms with Gasteiger partial charge in [0.2, 0.25) is 0 Å². The van der Waals surface area contributed by atoms with Gasteiger partial charge >= 0.3 is 6.09 Å². The van der Waals surface area contributed by atoms with Crippen LogP contribution in [0.2, 0.25) is 10.0 Å². The Hall–Kier alpha value is -1.41. The largest absolute Gasteiger partial charge is 0.449 e. The van der Waals surface area contributed by atoms with E-state index in [0.29, 0.717) is 32.8 Å². The Bertz CT molecular complexity index is 817. The highest BCUT2D eigenvalue weighted by Crippen LogP contribution is 2.26. The van der Waals surface area contributed by atoms with Gasteiger partial charge in [-0.1, -0.05) is 30.1 Å². The summed E-state index contributed by atoms with van der Waals surface area (Å²) >= 11 is 13.7. The number of carbonyl (C=O) groups is 1. The molecule has 0 aliphatic heterocycles. The summed E-state index contributed by atoms with van der Waals surface area (Å²) in [6.45, 7) is 3.83. The van der Waals surface area contributed by atoms with E-state index in [-0.39, 0.29) is 6.61 Å². The molecular formula is C17H18Cl2N2O3S2. The van der Waals surface area contributed by atoms with Crippen LogP contribution in [0.4, 0.5) is 4.79 Å². The van der Waals surface area contributed by atoms with Crippen LogP contribution in [-0.4, -0.2) is 28.4 Å². The fourth-order valence-corrected chi connectivity index (χ4v) is 4.65. The summed E-state index contributed by atoms with van der Waals surface area (Å²) in [5.41, 5.74) is 3.53. The second-order valence-corrected chi connectivity index (χ2v) is 8.88. The fraction of sp³-hybridized carbons (Fsp3) is 0.294. The molecule has 0 aliphatic carbocycles. The highest BCUT2D eigenvalue weighted by atomic mass is 35.5. The second kappa shape index (κ2) is 10.1. The van der Waals surface area contributed by atoms with Crippen LogP contribution in [0.25, 0.3) is 0 Å². The van der Waals surface area contributed by atoms with Crippen LogP contribution in [0.1, 0.15) is 29.2 Å². The molecule has 0 bridgehead atoms. The maximum absolute atomic E-state index is 11.8. The third-order valence-electron chi connectivity index (χ3n) is 3.19. The molecule has 1 aromatic carbocycles. The number of rotatable bonds is 7. The van der Waals surface area contributed by atoms with Crippen molar-refractivity contribution in [2.45, 2.75) is 19.6 Å². The molecule has 26 heavy (non-hydrogen) atoms. The third kappa shape index (κ3) is 6.09. The van der Waals surface area contributed by atoms with Crippen molar-refractivity contribution < 1.29 is 13.7 Å². The Morgan fingerprint density at radius 1 is 1.23 bits per heavy atom. The number of halogens is 2.